The molecule has 1 N–H and O–H groups in total. The minimum absolute atomic E-state index is 0.227. The van der Waals surface area contributed by atoms with E-state index in [9.17, 15) is 0 Å². The van der Waals surface area contributed by atoms with E-state index in [0.717, 1.165) is 15.9 Å². The van der Waals surface area contributed by atoms with Crippen molar-refractivity contribution >= 4 is 21.6 Å². The molecule has 0 heterocycles. The van der Waals surface area contributed by atoms with Gasteiger partial charge in [-0.25, -0.2) is 0 Å². The Morgan fingerprint density at radius 1 is 1.22 bits per heavy atom. The van der Waals surface area contributed by atoms with Gasteiger partial charge in [0.15, 0.2) is 6.29 Å². The summed E-state index contributed by atoms with van der Waals surface area (Å²) in [5, 5.41) is 3.27. The van der Waals surface area contributed by atoms with Crippen LogP contribution >= 0.6 is 15.9 Å². The number of hydrogen-bond donors (Lipinski definition) is 1. The summed E-state index contributed by atoms with van der Waals surface area (Å²) in [6, 6.07) is 5.85. The van der Waals surface area contributed by atoms with E-state index in [4.69, 9.17) is 14.2 Å². The zero-order valence-corrected chi connectivity index (χ0v) is 12.6. The van der Waals surface area contributed by atoms with Crippen molar-refractivity contribution < 1.29 is 14.2 Å². The zero-order valence-electron chi connectivity index (χ0n) is 11.0. The number of nitrogens with one attached hydrogen (secondary N) is 1. The molecule has 0 fully saturated rings. The van der Waals surface area contributed by atoms with Gasteiger partial charge in [0.25, 0.3) is 0 Å². The summed E-state index contributed by atoms with van der Waals surface area (Å²) in [5.74, 6) is 0.796. The Labute approximate surface area is 117 Å². The predicted octanol–water partition coefficient (Wildman–Crippen LogP) is 3.27. The topological polar surface area (TPSA) is 39.7 Å². The molecule has 0 unspecified atom stereocenters. The van der Waals surface area contributed by atoms with Crippen LogP contribution in [0.1, 0.15) is 13.8 Å². The summed E-state index contributed by atoms with van der Waals surface area (Å²) in [5.41, 5.74) is 0.972. The molecule has 0 saturated heterocycles. The van der Waals surface area contributed by atoms with Gasteiger partial charge < -0.3 is 19.5 Å². The normalized spacial score (nSPS) is 10.7. The largest absolute Gasteiger partial charge is 0.495 e. The Hall–Kier alpha value is -0.780. The third-order valence-corrected chi connectivity index (χ3v) is 2.98. The highest BCUT2D eigenvalue weighted by Crippen LogP contribution is 2.27. The van der Waals surface area contributed by atoms with E-state index in [2.05, 4.69) is 21.2 Å². The lowest BCUT2D eigenvalue weighted by atomic mass is 10.3. The van der Waals surface area contributed by atoms with Crippen LogP contribution < -0.4 is 10.1 Å². The fourth-order valence-electron chi connectivity index (χ4n) is 1.51. The summed E-state index contributed by atoms with van der Waals surface area (Å²) in [6.07, 6.45) is -0.227. The van der Waals surface area contributed by atoms with Crippen LogP contribution in [0.15, 0.2) is 22.7 Å². The van der Waals surface area contributed by atoms with E-state index in [0.29, 0.717) is 19.8 Å². The molecule has 102 valence electrons. The van der Waals surface area contributed by atoms with Crippen LogP contribution in [0.3, 0.4) is 0 Å². The monoisotopic (exact) mass is 317 g/mol. The molecule has 0 aliphatic rings. The molecule has 0 aromatic heterocycles. The molecule has 0 saturated carbocycles. The van der Waals surface area contributed by atoms with Crippen molar-refractivity contribution in [3.8, 4) is 5.75 Å². The van der Waals surface area contributed by atoms with E-state index in [1.165, 1.54) is 0 Å². The van der Waals surface area contributed by atoms with Crippen molar-refractivity contribution in [3.05, 3.63) is 22.7 Å². The van der Waals surface area contributed by atoms with Crippen LogP contribution in [0.5, 0.6) is 5.75 Å². The van der Waals surface area contributed by atoms with Crippen molar-refractivity contribution in [3.63, 3.8) is 0 Å². The Bertz CT molecular complexity index is 354. The average Bonchev–Trinajstić information content (AvgIpc) is 2.38. The number of methoxy groups -OCH3 is 1. The van der Waals surface area contributed by atoms with E-state index < -0.39 is 0 Å². The van der Waals surface area contributed by atoms with Gasteiger partial charge in [-0.3, -0.25) is 0 Å². The molecule has 0 atom stereocenters. The van der Waals surface area contributed by atoms with Crippen LogP contribution in [0.2, 0.25) is 0 Å². The van der Waals surface area contributed by atoms with E-state index in [1.807, 2.05) is 32.0 Å². The predicted molar refractivity (Wildman–Crippen MR) is 76.2 cm³/mol. The lowest BCUT2D eigenvalue weighted by Crippen LogP contribution is -2.26. The minimum atomic E-state index is -0.227. The molecule has 5 heteroatoms. The molecule has 1 rings (SSSR count). The number of rotatable bonds is 8. The van der Waals surface area contributed by atoms with Crippen LogP contribution in [0.4, 0.5) is 5.69 Å². The first kappa shape index (κ1) is 15.3. The maximum atomic E-state index is 5.46. The second-order valence-electron chi connectivity index (χ2n) is 3.57. The van der Waals surface area contributed by atoms with Crippen LogP contribution in [0, 0.1) is 0 Å². The standard InChI is InChI=1S/C13H20BrNO3/c1-4-17-13(18-5-2)9-15-10-6-7-11(14)12(8-10)16-3/h6-8,13,15H,4-5,9H2,1-3H3. The molecule has 0 aliphatic heterocycles. The van der Waals surface area contributed by atoms with Gasteiger partial charge in [-0.05, 0) is 41.9 Å². The number of benzene rings is 1. The van der Waals surface area contributed by atoms with E-state index in [1.54, 1.807) is 7.11 Å². The molecule has 0 spiro atoms. The third kappa shape index (κ3) is 4.84. The molecule has 18 heavy (non-hydrogen) atoms. The van der Waals surface area contributed by atoms with Gasteiger partial charge in [-0.15, -0.1) is 0 Å². The highest BCUT2D eigenvalue weighted by Gasteiger charge is 2.08. The van der Waals surface area contributed by atoms with E-state index in [-0.39, 0.29) is 6.29 Å². The van der Waals surface area contributed by atoms with Gasteiger partial charge in [-0.2, -0.15) is 0 Å². The van der Waals surface area contributed by atoms with Gasteiger partial charge in [-0.1, -0.05) is 0 Å². The second-order valence-corrected chi connectivity index (χ2v) is 4.42. The van der Waals surface area contributed by atoms with Crippen molar-refractivity contribution in [1.82, 2.24) is 0 Å². The smallest absolute Gasteiger partial charge is 0.174 e. The van der Waals surface area contributed by atoms with Crippen molar-refractivity contribution in [2.24, 2.45) is 0 Å². The van der Waals surface area contributed by atoms with Gasteiger partial charge in [0.2, 0.25) is 0 Å². The van der Waals surface area contributed by atoms with Crippen LogP contribution in [0.25, 0.3) is 0 Å². The van der Waals surface area contributed by atoms with Crippen LogP contribution in [-0.2, 0) is 9.47 Å². The SMILES string of the molecule is CCOC(CNc1ccc(Br)c(OC)c1)OCC. The van der Waals surface area contributed by atoms with Crippen molar-refractivity contribution in [2.75, 3.05) is 32.2 Å². The molecule has 1 aromatic carbocycles. The second kappa shape index (κ2) is 8.34. The van der Waals surface area contributed by atoms with Crippen molar-refractivity contribution in [2.45, 2.75) is 20.1 Å². The Balaban J connectivity index is 2.55. The first-order valence-electron chi connectivity index (χ1n) is 6.01. The number of anilines is 1. The third-order valence-electron chi connectivity index (χ3n) is 2.33. The van der Waals surface area contributed by atoms with Gasteiger partial charge in [0.1, 0.15) is 5.75 Å². The fourth-order valence-corrected chi connectivity index (χ4v) is 1.92. The quantitative estimate of drug-likeness (QED) is 0.747. The maximum absolute atomic E-state index is 5.46. The highest BCUT2D eigenvalue weighted by molar-refractivity contribution is 9.10. The molecule has 4 nitrogen and oxygen atoms in total. The summed E-state index contributed by atoms with van der Waals surface area (Å²) < 4.78 is 17.1. The lowest BCUT2D eigenvalue weighted by Gasteiger charge is -2.18. The van der Waals surface area contributed by atoms with Gasteiger partial charge in [0.05, 0.1) is 18.1 Å². The number of ether oxygens (including phenoxy) is 3. The Kier molecular flexibility index (Phi) is 7.08. The Morgan fingerprint density at radius 2 is 1.89 bits per heavy atom. The van der Waals surface area contributed by atoms with E-state index >= 15 is 0 Å². The van der Waals surface area contributed by atoms with Gasteiger partial charge >= 0.3 is 0 Å². The first-order valence-corrected chi connectivity index (χ1v) is 6.81. The molecule has 0 radical (unpaired) electrons. The molecular weight excluding hydrogens is 298 g/mol. The van der Waals surface area contributed by atoms with Gasteiger partial charge in [0, 0.05) is 25.0 Å². The molecule has 0 bridgehead atoms. The summed E-state index contributed by atoms with van der Waals surface area (Å²) in [4.78, 5) is 0. The zero-order chi connectivity index (χ0) is 13.4. The molecule has 0 amide bonds. The summed E-state index contributed by atoms with van der Waals surface area (Å²) in [7, 11) is 1.65. The molecular formula is C13H20BrNO3. The minimum Gasteiger partial charge on any atom is -0.495 e. The molecule has 0 aliphatic carbocycles. The van der Waals surface area contributed by atoms with Crippen LogP contribution in [-0.4, -0.2) is 33.2 Å². The molecule has 1 aromatic rings. The maximum Gasteiger partial charge on any atom is 0.174 e. The van der Waals surface area contributed by atoms with Crippen molar-refractivity contribution in [1.29, 1.82) is 0 Å². The highest BCUT2D eigenvalue weighted by atomic mass is 79.9. The average molecular weight is 318 g/mol. The fraction of sp³-hybridized carbons (Fsp3) is 0.538. The summed E-state index contributed by atoms with van der Waals surface area (Å²) in [6.45, 7) is 5.78. The summed E-state index contributed by atoms with van der Waals surface area (Å²) >= 11 is 3.42. The number of halogens is 1. The Morgan fingerprint density at radius 3 is 2.44 bits per heavy atom. The first-order chi connectivity index (χ1) is 8.71. The number of hydrogen-bond acceptors (Lipinski definition) is 4. The lowest BCUT2D eigenvalue weighted by molar-refractivity contribution is -0.126.